The molecule has 3 aromatic carbocycles. The van der Waals surface area contributed by atoms with E-state index in [2.05, 4.69) is 50.7 Å². The predicted molar refractivity (Wildman–Crippen MR) is 160 cm³/mol. The average Bonchev–Trinajstić information content (AvgIpc) is 3.44. The van der Waals surface area contributed by atoms with Crippen molar-refractivity contribution in [2.45, 2.75) is 26.8 Å². The fourth-order valence-electron chi connectivity index (χ4n) is 3.75. The van der Waals surface area contributed by atoms with Crippen molar-refractivity contribution in [2.75, 3.05) is 25.3 Å². The van der Waals surface area contributed by atoms with Gasteiger partial charge in [0.2, 0.25) is 6.79 Å². The number of carbonyl (C=O) groups excluding carboxylic acids is 3. The second-order valence-electron chi connectivity index (χ2n) is 8.72. The number of amides is 3. The molecule has 3 aromatic rings. The van der Waals surface area contributed by atoms with E-state index in [9.17, 15) is 14.4 Å². The topological polar surface area (TPSA) is 137 Å². The first-order valence-corrected chi connectivity index (χ1v) is 13.9. The number of fused-ring (bicyclic) bond motifs is 1. The van der Waals surface area contributed by atoms with Crippen LogP contribution >= 0.6 is 22.6 Å². The molecule has 0 atom stereocenters. The number of carbonyl (C=O) groups is 3. The molecular formula is C29H29IN4O7. The molecule has 1 aliphatic rings. The van der Waals surface area contributed by atoms with Gasteiger partial charge in [-0.2, -0.15) is 5.10 Å². The molecule has 3 N–H and O–H groups in total. The first-order valence-electron chi connectivity index (χ1n) is 12.8. The van der Waals surface area contributed by atoms with Crippen LogP contribution in [0.15, 0.2) is 59.7 Å². The van der Waals surface area contributed by atoms with Crippen molar-refractivity contribution in [1.29, 1.82) is 0 Å². The monoisotopic (exact) mass is 672 g/mol. The summed E-state index contributed by atoms with van der Waals surface area (Å²) in [5, 5.41) is 9.23. The molecule has 0 bridgehead atoms. The number of halogens is 1. The molecule has 1 heterocycles. The van der Waals surface area contributed by atoms with E-state index in [1.165, 1.54) is 11.8 Å². The standard InChI is InChI=1S/C29H29IN4O7/c1-3-18-5-8-21(9-6-18)33-26(35)16-39-27-22(30)11-20(13-25(27)38-4-2)15-32-34-29(37)28(36)31-14-19-7-10-23-24(12-19)41-17-40-23/h5-13,15H,3-4,14,16-17H2,1-2H3,(H,31,36)(H,33,35)(H,34,37)/b32-15-. The predicted octanol–water partition coefficient (Wildman–Crippen LogP) is 3.77. The number of nitrogens with one attached hydrogen (secondary N) is 3. The van der Waals surface area contributed by atoms with Gasteiger partial charge in [0.15, 0.2) is 29.6 Å². The third-order valence-corrected chi connectivity index (χ3v) is 6.60. The minimum Gasteiger partial charge on any atom is -0.490 e. The van der Waals surface area contributed by atoms with Crippen LogP contribution in [0.4, 0.5) is 5.69 Å². The van der Waals surface area contributed by atoms with Crippen molar-refractivity contribution in [3.63, 3.8) is 0 Å². The van der Waals surface area contributed by atoms with E-state index in [0.29, 0.717) is 44.4 Å². The van der Waals surface area contributed by atoms with Gasteiger partial charge in [-0.05, 0) is 89.0 Å². The molecule has 0 saturated carbocycles. The summed E-state index contributed by atoms with van der Waals surface area (Å²) in [5.74, 6) is -0.0266. The zero-order valence-electron chi connectivity index (χ0n) is 22.5. The van der Waals surface area contributed by atoms with Crippen LogP contribution in [-0.4, -0.2) is 43.9 Å². The third kappa shape index (κ3) is 8.33. The summed E-state index contributed by atoms with van der Waals surface area (Å²) < 4.78 is 22.7. The van der Waals surface area contributed by atoms with E-state index < -0.39 is 11.8 Å². The number of rotatable bonds is 11. The second-order valence-corrected chi connectivity index (χ2v) is 9.88. The number of anilines is 1. The van der Waals surface area contributed by atoms with E-state index in [0.717, 1.165) is 12.0 Å². The Balaban J connectivity index is 1.30. The van der Waals surface area contributed by atoms with Crippen molar-refractivity contribution in [3.05, 3.63) is 74.9 Å². The summed E-state index contributed by atoms with van der Waals surface area (Å²) >= 11 is 2.07. The largest absolute Gasteiger partial charge is 0.490 e. The lowest BCUT2D eigenvalue weighted by Gasteiger charge is -2.14. The minimum absolute atomic E-state index is 0.132. The molecule has 41 heavy (non-hydrogen) atoms. The number of aryl methyl sites for hydroxylation is 1. The summed E-state index contributed by atoms with van der Waals surface area (Å²) in [7, 11) is 0. The van der Waals surface area contributed by atoms with Crippen LogP contribution in [0.25, 0.3) is 0 Å². The van der Waals surface area contributed by atoms with Crippen molar-refractivity contribution in [2.24, 2.45) is 5.10 Å². The van der Waals surface area contributed by atoms with Gasteiger partial charge in [-0.15, -0.1) is 0 Å². The smallest absolute Gasteiger partial charge is 0.329 e. The minimum atomic E-state index is -0.919. The van der Waals surface area contributed by atoms with Gasteiger partial charge in [-0.3, -0.25) is 14.4 Å². The molecule has 0 saturated heterocycles. The summed E-state index contributed by atoms with van der Waals surface area (Å²) in [6, 6.07) is 16.3. The van der Waals surface area contributed by atoms with Crippen molar-refractivity contribution >= 4 is 52.2 Å². The van der Waals surface area contributed by atoms with Gasteiger partial charge >= 0.3 is 11.8 Å². The van der Waals surface area contributed by atoms with E-state index in [1.54, 1.807) is 30.3 Å². The molecule has 214 valence electrons. The van der Waals surface area contributed by atoms with E-state index in [4.69, 9.17) is 18.9 Å². The summed E-state index contributed by atoms with van der Waals surface area (Å²) in [6.07, 6.45) is 2.30. The Morgan fingerprint density at radius 1 is 0.951 bits per heavy atom. The molecule has 0 aromatic heterocycles. The lowest BCUT2D eigenvalue weighted by Crippen LogP contribution is -2.37. The Hall–Kier alpha value is -4.33. The Morgan fingerprint density at radius 2 is 1.71 bits per heavy atom. The van der Waals surface area contributed by atoms with Crippen molar-refractivity contribution in [1.82, 2.24) is 10.7 Å². The number of ether oxygens (including phenoxy) is 4. The quantitative estimate of drug-likeness (QED) is 0.122. The van der Waals surface area contributed by atoms with Crippen molar-refractivity contribution < 1.29 is 33.3 Å². The number of hydrazone groups is 1. The first kappa shape index (κ1) is 29.6. The van der Waals surface area contributed by atoms with Gasteiger partial charge in [-0.1, -0.05) is 25.1 Å². The highest BCUT2D eigenvalue weighted by Gasteiger charge is 2.17. The zero-order chi connectivity index (χ0) is 29.2. The Kier molecular flexibility index (Phi) is 10.4. The van der Waals surface area contributed by atoms with Gasteiger partial charge < -0.3 is 29.6 Å². The van der Waals surface area contributed by atoms with Gasteiger partial charge in [0.25, 0.3) is 5.91 Å². The Labute approximate surface area is 250 Å². The highest BCUT2D eigenvalue weighted by atomic mass is 127. The van der Waals surface area contributed by atoms with E-state index in [-0.39, 0.29) is 25.9 Å². The van der Waals surface area contributed by atoms with Gasteiger partial charge in [0.1, 0.15) is 0 Å². The average molecular weight is 672 g/mol. The molecule has 0 radical (unpaired) electrons. The zero-order valence-corrected chi connectivity index (χ0v) is 24.6. The number of nitrogens with zero attached hydrogens (tertiary/aromatic N) is 1. The maximum atomic E-state index is 12.4. The highest BCUT2D eigenvalue weighted by Crippen LogP contribution is 2.34. The SMILES string of the molecule is CCOc1cc(/C=N\NC(=O)C(=O)NCc2ccc3c(c2)OCO3)cc(I)c1OCC(=O)Nc1ccc(CC)cc1. The fraction of sp³-hybridized carbons (Fsp3) is 0.241. The van der Waals surface area contributed by atoms with Gasteiger partial charge in [-0.25, -0.2) is 5.43 Å². The van der Waals surface area contributed by atoms with Gasteiger partial charge in [0.05, 0.1) is 16.4 Å². The van der Waals surface area contributed by atoms with Crippen LogP contribution in [0, 0.1) is 3.57 Å². The third-order valence-electron chi connectivity index (χ3n) is 5.80. The molecule has 3 amide bonds. The molecule has 4 rings (SSSR count). The van der Waals surface area contributed by atoms with Crippen LogP contribution in [0.1, 0.15) is 30.5 Å². The number of benzene rings is 3. The van der Waals surface area contributed by atoms with E-state index in [1.807, 2.05) is 31.2 Å². The second kappa shape index (κ2) is 14.3. The summed E-state index contributed by atoms with van der Waals surface area (Å²) in [4.78, 5) is 36.8. The molecule has 0 fully saturated rings. The molecule has 1 aliphatic heterocycles. The van der Waals surface area contributed by atoms with Crippen LogP contribution in [0.3, 0.4) is 0 Å². The number of hydrogen-bond acceptors (Lipinski definition) is 8. The fourth-order valence-corrected chi connectivity index (χ4v) is 4.53. The molecule has 12 heteroatoms. The van der Waals surface area contributed by atoms with Crippen LogP contribution < -0.4 is 35.0 Å². The Morgan fingerprint density at radius 3 is 2.46 bits per heavy atom. The van der Waals surface area contributed by atoms with Crippen LogP contribution in [0.2, 0.25) is 0 Å². The van der Waals surface area contributed by atoms with Gasteiger partial charge in [0, 0.05) is 12.2 Å². The molecule has 11 nitrogen and oxygen atoms in total. The van der Waals surface area contributed by atoms with E-state index >= 15 is 0 Å². The molecule has 0 unspecified atom stereocenters. The highest BCUT2D eigenvalue weighted by molar-refractivity contribution is 14.1. The van der Waals surface area contributed by atoms with Crippen LogP contribution in [0.5, 0.6) is 23.0 Å². The number of hydrogen-bond donors (Lipinski definition) is 3. The maximum Gasteiger partial charge on any atom is 0.329 e. The lowest BCUT2D eigenvalue weighted by atomic mass is 10.1. The van der Waals surface area contributed by atoms with Crippen LogP contribution in [-0.2, 0) is 27.3 Å². The van der Waals surface area contributed by atoms with Crippen molar-refractivity contribution in [3.8, 4) is 23.0 Å². The molecule has 0 spiro atoms. The molecule has 0 aliphatic carbocycles. The lowest BCUT2D eigenvalue weighted by molar-refractivity contribution is -0.139. The maximum absolute atomic E-state index is 12.4. The summed E-state index contributed by atoms with van der Waals surface area (Å²) in [6.45, 7) is 4.33. The molecular weight excluding hydrogens is 643 g/mol. The normalized spacial score (nSPS) is 11.7. The first-order chi connectivity index (χ1) is 19.9. The summed E-state index contributed by atoms with van der Waals surface area (Å²) in [5.41, 5.74) is 5.42. The Bertz CT molecular complexity index is 1440.